The largest absolute Gasteiger partial charge is 0.419 e. The minimum absolute atomic E-state index is 0. The van der Waals surface area contributed by atoms with Crippen molar-refractivity contribution in [1.29, 1.82) is 0 Å². The van der Waals surface area contributed by atoms with Gasteiger partial charge in [-0.15, -0.1) is 12.4 Å². The highest BCUT2D eigenvalue weighted by atomic mass is 35.5. The Bertz CT molecular complexity index is 501. The molecule has 118 valence electrons. The molecular formula is C13H15ClF4N2O. The molecule has 1 aliphatic rings. The topological polar surface area (TPSA) is 41.1 Å². The summed E-state index contributed by atoms with van der Waals surface area (Å²) in [6, 6.07) is 2.01. The lowest BCUT2D eigenvalue weighted by Crippen LogP contribution is -2.43. The van der Waals surface area contributed by atoms with Crippen molar-refractivity contribution in [3.05, 3.63) is 29.6 Å². The van der Waals surface area contributed by atoms with E-state index in [2.05, 4.69) is 10.6 Å². The zero-order chi connectivity index (χ0) is 14.8. The van der Waals surface area contributed by atoms with E-state index in [4.69, 9.17) is 0 Å². The van der Waals surface area contributed by atoms with Crippen LogP contribution in [0, 0.1) is 5.82 Å². The van der Waals surface area contributed by atoms with Crippen molar-refractivity contribution in [2.45, 2.75) is 31.5 Å². The number of hydrogen-bond donors (Lipinski definition) is 2. The van der Waals surface area contributed by atoms with Crippen molar-refractivity contribution in [2.75, 3.05) is 11.9 Å². The molecule has 1 aromatic carbocycles. The Labute approximate surface area is 125 Å². The zero-order valence-electron chi connectivity index (χ0n) is 11.0. The van der Waals surface area contributed by atoms with Crippen LogP contribution >= 0.6 is 12.4 Å². The molecular weight excluding hydrogens is 312 g/mol. The minimum Gasteiger partial charge on any atom is -0.325 e. The monoisotopic (exact) mass is 326 g/mol. The summed E-state index contributed by atoms with van der Waals surface area (Å²) >= 11 is 0. The maximum Gasteiger partial charge on any atom is 0.419 e. The number of amides is 1. The number of piperidine rings is 1. The average molecular weight is 327 g/mol. The second-order valence-electron chi connectivity index (χ2n) is 4.68. The number of rotatable bonds is 2. The number of benzene rings is 1. The summed E-state index contributed by atoms with van der Waals surface area (Å²) in [5.74, 6) is -1.75. The molecule has 0 bridgehead atoms. The van der Waals surface area contributed by atoms with Crippen molar-refractivity contribution in [2.24, 2.45) is 0 Å². The fourth-order valence-corrected chi connectivity index (χ4v) is 2.13. The van der Waals surface area contributed by atoms with Crippen LogP contribution in [0.4, 0.5) is 23.2 Å². The van der Waals surface area contributed by atoms with Crippen LogP contribution < -0.4 is 10.6 Å². The van der Waals surface area contributed by atoms with E-state index >= 15 is 0 Å². The normalized spacial score (nSPS) is 18.8. The third-order valence-corrected chi connectivity index (χ3v) is 3.17. The number of nitrogens with one attached hydrogen (secondary N) is 2. The Morgan fingerprint density at radius 2 is 2.00 bits per heavy atom. The van der Waals surface area contributed by atoms with E-state index in [1.54, 1.807) is 0 Å². The van der Waals surface area contributed by atoms with Gasteiger partial charge in [-0.05, 0) is 37.6 Å². The second-order valence-corrected chi connectivity index (χ2v) is 4.68. The van der Waals surface area contributed by atoms with E-state index in [1.165, 1.54) is 0 Å². The van der Waals surface area contributed by atoms with E-state index in [-0.39, 0.29) is 18.1 Å². The summed E-state index contributed by atoms with van der Waals surface area (Å²) in [6.07, 6.45) is -2.28. The third-order valence-electron chi connectivity index (χ3n) is 3.17. The van der Waals surface area contributed by atoms with Crippen molar-refractivity contribution >= 4 is 24.0 Å². The van der Waals surface area contributed by atoms with Gasteiger partial charge in [0.1, 0.15) is 5.82 Å². The van der Waals surface area contributed by atoms with Crippen LogP contribution in [0.1, 0.15) is 24.8 Å². The van der Waals surface area contributed by atoms with Gasteiger partial charge >= 0.3 is 6.18 Å². The Balaban J connectivity index is 0.00000220. The van der Waals surface area contributed by atoms with Crippen LogP contribution in [0.15, 0.2) is 18.2 Å². The molecule has 2 N–H and O–H groups in total. The van der Waals surface area contributed by atoms with E-state index in [9.17, 15) is 22.4 Å². The molecule has 0 radical (unpaired) electrons. The summed E-state index contributed by atoms with van der Waals surface area (Å²) in [7, 11) is 0. The predicted octanol–water partition coefficient (Wildman–Crippen LogP) is 3.35. The number of hydrogen-bond acceptors (Lipinski definition) is 2. The first-order chi connectivity index (χ1) is 9.38. The first-order valence-corrected chi connectivity index (χ1v) is 6.29. The SMILES string of the molecule is Cl.O=C(Nc1ccc(F)c(C(F)(F)F)c1)C1CCCCN1. The minimum atomic E-state index is -4.78. The number of carbonyl (C=O) groups is 1. The highest BCUT2D eigenvalue weighted by Crippen LogP contribution is 2.33. The van der Waals surface area contributed by atoms with Crippen molar-refractivity contribution in [3.8, 4) is 0 Å². The maximum atomic E-state index is 13.1. The highest BCUT2D eigenvalue weighted by Gasteiger charge is 2.34. The smallest absolute Gasteiger partial charge is 0.325 e. The predicted molar refractivity (Wildman–Crippen MR) is 72.9 cm³/mol. The fourth-order valence-electron chi connectivity index (χ4n) is 2.13. The lowest BCUT2D eigenvalue weighted by atomic mass is 10.0. The van der Waals surface area contributed by atoms with Gasteiger partial charge < -0.3 is 10.6 Å². The lowest BCUT2D eigenvalue weighted by Gasteiger charge is -2.22. The van der Waals surface area contributed by atoms with Gasteiger partial charge in [-0.1, -0.05) is 6.42 Å². The van der Waals surface area contributed by atoms with E-state index in [1.807, 2.05) is 0 Å². The molecule has 3 nitrogen and oxygen atoms in total. The van der Waals surface area contributed by atoms with Gasteiger partial charge in [0.2, 0.25) is 5.91 Å². The molecule has 1 atom stereocenters. The van der Waals surface area contributed by atoms with Crippen molar-refractivity contribution in [1.82, 2.24) is 5.32 Å². The molecule has 1 unspecified atom stereocenters. The standard InChI is InChI=1S/C13H14F4N2O.ClH/c14-10-5-4-8(7-9(10)13(15,16)17)19-12(20)11-3-1-2-6-18-11;/h4-5,7,11,18H,1-3,6H2,(H,19,20);1H. The van der Waals surface area contributed by atoms with Crippen LogP contribution in [0.2, 0.25) is 0 Å². The Morgan fingerprint density at radius 1 is 1.29 bits per heavy atom. The average Bonchev–Trinajstić information content (AvgIpc) is 2.40. The van der Waals surface area contributed by atoms with Gasteiger partial charge in [0.15, 0.2) is 0 Å². The number of carbonyl (C=O) groups excluding carboxylic acids is 1. The van der Waals surface area contributed by atoms with Gasteiger partial charge in [-0.25, -0.2) is 4.39 Å². The molecule has 2 rings (SSSR count). The van der Waals surface area contributed by atoms with Gasteiger partial charge in [0, 0.05) is 5.69 Å². The molecule has 21 heavy (non-hydrogen) atoms. The summed E-state index contributed by atoms with van der Waals surface area (Å²) in [5.41, 5.74) is -1.44. The molecule has 1 aliphatic heterocycles. The quantitative estimate of drug-likeness (QED) is 0.818. The molecule has 1 fully saturated rings. The van der Waals surface area contributed by atoms with E-state index in [0.29, 0.717) is 25.1 Å². The van der Waals surface area contributed by atoms with Crippen LogP contribution in [-0.2, 0) is 11.0 Å². The van der Waals surface area contributed by atoms with Gasteiger partial charge in [0.25, 0.3) is 0 Å². The van der Waals surface area contributed by atoms with Crippen LogP contribution in [0.25, 0.3) is 0 Å². The van der Waals surface area contributed by atoms with Crippen molar-refractivity contribution < 1.29 is 22.4 Å². The van der Waals surface area contributed by atoms with E-state index in [0.717, 1.165) is 18.9 Å². The first kappa shape index (κ1) is 17.7. The molecule has 0 aliphatic carbocycles. The summed E-state index contributed by atoms with van der Waals surface area (Å²) < 4.78 is 50.8. The van der Waals surface area contributed by atoms with Gasteiger partial charge in [-0.3, -0.25) is 4.79 Å². The molecule has 1 saturated heterocycles. The molecule has 0 spiro atoms. The lowest BCUT2D eigenvalue weighted by molar-refractivity contribution is -0.140. The van der Waals surface area contributed by atoms with Gasteiger partial charge in [0.05, 0.1) is 11.6 Å². The third kappa shape index (κ3) is 4.57. The van der Waals surface area contributed by atoms with Crippen molar-refractivity contribution in [3.63, 3.8) is 0 Å². The number of halogens is 5. The Hall–Kier alpha value is -1.34. The maximum absolute atomic E-state index is 13.1. The summed E-state index contributed by atoms with van der Waals surface area (Å²) in [4.78, 5) is 11.9. The van der Waals surface area contributed by atoms with E-state index < -0.39 is 29.5 Å². The zero-order valence-corrected chi connectivity index (χ0v) is 11.8. The number of alkyl halides is 3. The second kappa shape index (κ2) is 7.09. The van der Waals surface area contributed by atoms with Crippen LogP contribution in [-0.4, -0.2) is 18.5 Å². The fraction of sp³-hybridized carbons (Fsp3) is 0.462. The van der Waals surface area contributed by atoms with Crippen LogP contribution in [0.5, 0.6) is 0 Å². The van der Waals surface area contributed by atoms with Crippen LogP contribution in [0.3, 0.4) is 0 Å². The molecule has 1 aromatic rings. The molecule has 1 heterocycles. The number of anilines is 1. The first-order valence-electron chi connectivity index (χ1n) is 6.29. The highest BCUT2D eigenvalue weighted by molar-refractivity contribution is 5.94. The molecule has 0 aromatic heterocycles. The Morgan fingerprint density at radius 3 is 2.57 bits per heavy atom. The summed E-state index contributed by atoms with van der Waals surface area (Å²) in [6.45, 7) is 0.704. The molecule has 0 saturated carbocycles. The Kier molecular flexibility index (Phi) is 5.98. The molecule has 8 heteroatoms. The van der Waals surface area contributed by atoms with Gasteiger partial charge in [-0.2, -0.15) is 13.2 Å². The molecule has 1 amide bonds. The summed E-state index contributed by atoms with van der Waals surface area (Å²) in [5, 5.41) is 5.37.